The molecule has 2 aromatic rings. The van der Waals surface area contributed by atoms with Crippen molar-refractivity contribution in [3.05, 3.63) is 51.7 Å². The van der Waals surface area contributed by atoms with Crippen molar-refractivity contribution >= 4 is 34.6 Å². The minimum Gasteiger partial charge on any atom is -0.327 e. The fourth-order valence-corrected chi connectivity index (χ4v) is 4.27. The van der Waals surface area contributed by atoms with Crippen LogP contribution in [0.5, 0.6) is 0 Å². The number of hydrogen-bond donors (Lipinski definition) is 1. The summed E-state index contributed by atoms with van der Waals surface area (Å²) in [5.41, 5.74) is -2.60. The number of aromatic amines is 1. The van der Waals surface area contributed by atoms with Gasteiger partial charge in [-0.25, -0.2) is 4.98 Å². The van der Waals surface area contributed by atoms with Gasteiger partial charge in [-0.15, -0.1) is 0 Å². The summed E-state index contributed by atoms with van der Waals surface area (Å²) in [5, 5.41) is 8.95. The monoisotopic (exact) mass is 433 g/mol. The number of alkyl halides is 3. The predicted octanol–water partition coefficient (Wildman–Crippen LogP) is 3.03. The highest BCUT2D eigenvalue weighted by molar-refractivity contribution is 7.81. The number of nitrogens with zero attached hydrogens (tertiary/aromatic N) is 4. The Morgan fingerprint density at radius 3 is 2.50 bits per heavy atom. The van der Waals surface area contributed by atoms with Gasteiger partial charge in [0, 0.05) is 11.8 Å². The lowest BCUT2D eigenvalue weighted by molar-refractivity contribution is -0.138. The number of carbonyl (C=O) groups is 1. The van der Waals surface area contributed by atoms with Crippen molar-refractivity contribution in [2.75, 3.05) is 9.80 Å². The summed E-state index contributed by atoms with van der Waals surface area (Å²) >= 11 is 5.49. The molecule has 7 nitrogen and oxygen atoms in total. The van der Waals surface area contributed by atoms with Crippen LogP contribution in [0.4, 0.5) is 24.5 Å². The maximum atomic E-state index is 13.4. The SMILES string of the molecule is Cc1cc(N2C(=S)N(c3cnc(C#N)c(C(F)(F)F)c3)C(=O)C23CCC3)c[nH]c1=O. The van der Waals surface area contributed by atoms with Gasteiger partial charge in [0.2, 0.25) is 0 Å². The molecule has 1 aliphatic carbocycles. The van der Waals surface area contributed by atoms with Crippen LogP contribution < -0.4 is 15.4 Å². The Balaban J connectivity index is 1.84. The molecule has 30 heavy (non-hydrogen) atoms. The Hall–Kier alpha value is -3.26. The van der Waals surface area contributed by atoms with E-state index in [1.807, 2.05) is 0 Å². The number of pyridine rings is 2. The highest BCUT2D eigenvalue weighted by Crippen LogP contribution is 2.48. The van der Waals surface area contributed by atoms with Gasteiger partial charge >= 0.3 is 6.18 Å². The first-order valence-electron chi connectivity index (χ1n) is 8.95. The number of aryl methyl sites for hydroxylation is 1. The lowest BCUT2D eigenvalue weighted by atomic mass is 9.75. The van der Waals surface area contributed by atoms with E-state index in [0.29, 0.717) is 30.2 Å². The van der Waals surface area contributed by atoms with E-state index in [1.54, 1.807) is 17.9 Å². The molecule has 3 heterocycles. The van der Waals surface area contributed by atoms with Crippen LogP contribution in [0.3, 0.4) is 0 Å². The smallest absolute Gasteiger partial charge is 0.327 e. The number of nitriles is 1. The van der Waals surface area contributed by atoms with Crippen molar-refractivity contribution in [3.8, 4) is 6.07 Å². The maximum absolute atomic E-state index is 13.4. The standard InChI is InChI=1S/C19H14F3N5O2S/c1-10-5-12(9-25-15(10)28)27-17(30)26(16(29)18(27)3-2-4-18)11-6-13(19(20,21)22)14(7-23)24-8-11/h5-6,8-9H,2-4H2,1H3,(H,25,28). The summed E-state index contributed by atoms with van der Waals surface area (Å²) in [6, 6.07) is 3.71. The number of carbonyl (C=O) groups excluding carboxylic acids is 1. The number of aromatic nitrogens is 2. The van der Waals surface area contributed by atoms with Gasteiger partial charge in [0.1, 0.15) is 11.6 Å². The van der Waals surface area contributed by atoms with Gasteiger partial charge in [-0.05, 0) is 50.5 Å². The van der Waals surface area contributed by atoms with Gasteiger partial charge in [0.15, 0.2) is 10.8 Å². The Kier molecular flexibility index (Phi) is 4.43. The van der Waals surface area contributed by atoms with Crippen LogP contribution in [0, 0.1) is 18.3 Å². The molecule has 154 valence electrons. The average molecular weight is 433 g/mol. The molecule has 0 radical (unpaired) electrons. The minimum atomic E-state index is -4.82. The van der Waals surface area contributed by atoms with Crippen LogP contribution >= 0.6 is 12.2 Å². The van der Waals surface area contributed by atoms with Crippen molar-refractivity contribution in [3.63, 3.8) is 0 Å². The topological polar surface area (TPSA) is 93.1 Å². The number of anilines is 2. The lowest BCUT2D eigenvalue weighted by Crippen LogP contribution is -2.55. The zero-order valence-corrected chi connectivity index (χ0v) is 16.4. The second kappa shape index (κ2) is 6.63. The molecular formula is C19H14F3N5O2S. The summed E-state index contributed by atoms with van der Waals surface area (Å²) in [4.78, 5) is 33.8. The predicted molar refractivity (Wildman–Crippen MR) is 105 cm³/mol. The molecule has 0 unspecified atom stereocenters. The third-order valence-electron chi connectivity index (χ3n) is 5.47. The fourth-order valence-electron chi connectivity index (χ4n) is 3.80. The molecular weight excluding hydrogens is 419 g/mol. The zero-order valence-electron chi connectivity index (χ0n) is 15.6. The number of amides is 1. The average Bonchev–Trinajstić information content (AvgIpc) is 2.90. The molecule has 1 N–H and O–H groups in total. The fraction of sp³-hybridized carbons (Fsp3) is 0.316. The first kappa shape index (κ1) is 20.0. The van der Waals surface area contributed by atoms with Gasteiger partial charge in [-0.3, -0.25) is 14.5 Å². The molecule has 2 aromatic heterocycles. The summed E-state index contributed by atoms with van der Waals surface area (Å²) in [6.07, 6.45) is -0.668. The van der Waals surface area contributed by atoms with E-state index >= 15 is 0 Å². The second-order valence-electron chi connectivity index (χ2n) is 7.21. The molecule has 2 fully saturated rings. The van der Waals surface area contributed by atoms with Crippen molar-refractivity contribution in [2.45, 2.75) is 37.9 Å². The first-order chi connectivity index (χ1) is 14.1. The molecule has 0 atom stereocenters. The van der Waals surface area contributed by atoms with Crippen LogP contribution in [0.15, 0.2) is 29.3 Å². The van der Waals surface area contributed by atoms with E-state index in [0.717, 1.165) is 17.5 Å². The lowest BCUT2D eigenvalue weighted by Gasteiger charge is -2.42. The number of hydrogen-bond acceptors (Lipinski definition) is 5. The molecule has 1 saturated carbocycles. The number of rotatable bonds is 2. The van der Waals surface area contributed by atoms with Crippen molar-refractivity contribution in [1.29, 1.82) is 5.26 Å². The summed E-state index contributed by atoms with van der Waals surface area (Å²) in [5.74, 6) is -0.456. The molecule has 0 bridgehead atoms. The molecule has 1 saturated heterocycles. The van der Waals surface area contributed by atoms with Gasteiger partial charge in [-0.1, -0.05) is 0 Å². The van der Waals surface area contributed by atoms with E-state index in [-0.39, 0.29) is 16.4 Å². The van der Waals surface area contributed by atoms with Crippen LogP contribution in [-0.2, 0) is 11.0 Å². The van der Waals surface area contributed by atoms with Crippen LogP contribution in [0.25, 0.3) is 0 Å². The number of nitrogens with one attached hydrogen (secondary N) is 1. The Morgan fingerprint density at radius 1 is 1.27 bits per heavy atom. The number of halogens is 3. The van der Waals surface area contributed by atoms with Crippen LogP contribution in [-0.4, -0.2) is 26.5 Å². The molecule has 0 aromatic carbocycles. The van der Waals surface area contributed by atoms with E-state index in [4.69, 9.17) is 17.5 Å². The quantitative estimate of drug-likeness (QED) is 0.732. The molecule has 4 rings (SSSR count). The minimum absolute atomic E-state index is 0.00854. The van der Waals surface area contributed by atoms with Gasteiger partial charge in [0.25, 0.3) is 11.5 Å². The number of thiocarbonyl (C=S) groups is 1. The van der Waals surface area contributed by atoms with Crippen molar-refractivity contribution in [1.82, 2.24) is 9.97 Å². The molecule has 1 amide bonds. The molecule has 11 heteroatoms. The van der Waals surface area contributed by atoms with Gasteiger partial charge < -0.3 is 9.88 Å². The summed E-state index contributed by atoms with van der Waals surface area (Å²) in [6.45, 7) is 1.61. The Labute approximate surface area is 173 Å². The van der Waals surface area contributed by atoms with E-state index in [2.05, 4.69) is 9.97 Å². The zero-order chi connectivity index (χ0) is 21.8. The van der Waals surface area contributed by atoms with Gasteiger partial charge in [-0.2, -0.15) is 18.4 Å². The summed E-state index contributed by atoms with van der Waals surface area (Å²) in [7, 11) is 0. The highest BCUT2D eigenvalue weighted by Gasteiger charge is 2.59. The maximum Gasteiger partial charge on any atom is 0.419 e. The van der Waals surface area contributed by atoms with Crippen molar-refractivity contribution in [2.24, 2.45) is 0 Å². The molecule has 1 spiro atoms. The Bertz CT molecular complexity index is 1180. The second-order valence-corrected chi connectivity index (χ2v) is 7.58. The van der Waals surface area contributed by atoms with Crippen LogP contribution in [0.2, 0.25) is 0 Å². The normalized spacial score (nSPS) is 18.0. The number of H-pyrrole nitrogens is 1. The summed E-state index contributed by atoms with van der Waals surface area (Å²) < 4.78 is 40.1. The van der Waals surface area contributed by atoms with E-state index in [1.165, 1.54) is 12.3 Å². The molecule has 1 aliphatic heterocycles. The third-order valence-corrected chi connectivity index (χ3v) is 5.83. The Morgan fingerprint density at radius 2 is 1.97 bits per heavy atom. The van der Waals surface area contributed by atoms with Crippen LogP contribution in [0.1, 0.15) is 36.1 Å². The van der Waals surface area contributed by atoms with Crippen molar-refractivity contribution < 1.29 is 18.0 Å². The largest absolute Gasteiger partial charge is 0.419 e. The highest BCUT2D eigenvalue weighted by atomic mass is 32.1. The van der Waals surface area contributed by atoms with E-state index < -0.39 is 28.9 Å². The third kappa shape index (κ3) is 2.79. The molecule has 2 aliphatic rings. The van der Waals surface area contributed by atoms with Gasteiger partial charge in [0.05, 0.1) is 23.1 Å². The first-order valence-corrected chi connectivity index (χ1v) is 9.36. The van der Waals surface area contributed by atoms with E-state index in [9.17, 15) is 22.8 Å².